The summed E-state index contributed by atoms with van der Waals surface area (Å²) >= 11 is -2.58. The molecule has 0 aliphatic carbocycles. The first-order chi connectivity index (χ1) is 19.5. The van der Waals surface area contributed by atoms with Crippen molar-refractivity contribution in [1.29, 1.82) is 0 Å². The molecule has 0 aliphatic heterocycles. The van der Waals surface area contributed by atoms with Gasteiger partial charge in [-0.25, -0.2) is 0 Å². The fraction of sp³-hybridized carbons (Fsp3) is 0.500. The van der Waals surface area contributed by atoms with Gasteiger partial charge in [-0.3, -0.25) is 4.79 Å². The van der Waals surface area contributed by atoms with Crippen LogP contribution in [-0.2, 0) is 35.5 Å². The Morgan fingerprint density at radius 3 is 2.12 bits per heavy atom. The second kappa shape index (κ2) is 16.8. The van der Waals surface area contributed by atoms with Gasteiger partial charge < -0.3 is 5.11 Å². The minimum Gasteiger partial charge on any atom is 0 e. The number of hydrogen-bond acceptors (Lipinski definition) is 3. The van der Waals surface area contributed by atoms with Crippen LogP contribution in [0, 0.1) is 17.9 Å². The van der Waals surface area contributed by atoms with Gasteiger partial charge in [0.05, 0.1) is 5.76 Å². The molecule has 0 amide bonds. The number of benzene rings is 2. The van der Waals surface area contributed by atoms with Crippen molar-refractivity contribution >= 4 is 29.8 Å². The summed E-state index contributed by atoms with van der Waals surface area (Å²) in [5, 5.41) is 10.8. The summed E-state index contributed by atoms with van der Waals surface area (Å²) in [6.45, 7) is 14.7. The van der Waals surface area contributed by atoms with Crippen molar-refractivity contribution in [2.75, 3.05) is 0 Å². The molecule has 41 heavy (non-hydrogen) atoms. The molecular weight excluding hydrogens is 743 g/mol. The van der Waals surface area contributed by atoms with Gasteiger partial charge in [0.1, 0.15) is 0 Å². The van der Waals surface area contributed by atoms with Crippen molar-refractivity contribution in [2.24, 2.45) is 11.8 Å². The van der Waals surface area contributed by atoms with Gasteiger partial charge in [0.2, 0.25) is 0 Å². The van der Waals surface area contributed by atoms with Crippen LogP contribution in [0.5, 0.6) is 0 Å². The Balaban J connectivity index is 0.000000497. The van der Waals surface area contributed by atoms with E-state index in [0.717, 1.165) is 47.9 Å². The predicted molar refractivity (Wildman–Crippen MR) is 176 cm³/mol. The topological polar surface area (TPSA) is 50.2 Å². The van der Waals surface area contributed by atoms with Crippen molar-refractivity contribution in [3.05, 3.63) is 77.7 Å². The molecule has 3 aromatic rings. The monoisotopic (exact) mass is 799 g/mol. The third kappa shape index (κ3) is 11.5. The number of allylic oxidation sites excluding steroid dienone is 2. The number of aliphatic hydroxyl groups is 1. The quantitative estimate of drug-likeness (QED) is 0.0962. The van der Waals surface area contributed by atoms with Crippen LogP contribution >= 0.6 is 0 Å². The summed E-state index contributed by atoms with van der Waals surface area (Å²) in [5.41, 5.74) is 3.71. The van der Waals surface area contributed by atoms with Crippen LogP contribution in [0.1, 0.15) is 88.0 Å². The van der Waals surface area contributed by atoms with E-state index in [4.69, 9.17) is 2.74 Å². The maximum absolute atomic E-state index is 11.7. The van der Waals surface area contributed by atoms with Gasteiger partial charge in [-0.15, -0.1) is 0 Å². The van der Waals surface area contributed by atoms with Gasteiger partial charge in [-0.1, -0.05) is 27.7 Å². The van der Waals surface area contributed by atoms with Crippen molar-refractivity contribution in [3.8, 4) is 11.3 Å². The van der Waals surface area contributed by atoms with Crippen molar-refractivity contribution < 1.29 is 32.7 Å². The summed E-state index contributed by atoms with van der Waals surface area (Å²) in [6.07, 6.45) is 6.64. The Kier molecular flexibility index (Phi) is 13.8. The molecule has 1 heterocycles. The van der Waals surface area contributed by atoms with Gasteiger partial charge in [0.25, 0.3) is 0 Å². The van der Waals surface area contributed by atoms with E-state index in [1.54, 1.807) is 6.20 Å². The fourth-order valence-electron chi connectivity index (χ4n) is 4.86. The Morgan fingerprint density at radius 1 is 1.00 bits per heavy atom. The first-order valence-corrected chi connectivity index (χ1v) is 22.2. The van der Waals surface area contributed by atoms with E-state index < -0.39 is 18.5 Å². The molecule has 3 nitrogen and oxygen atoms in total. The molecule has 0 aliphatic rings. The minimum absolute atomic E-state index is 0. The molecule has 0 saturated heterocycles. The molecule has 0 spiro atoms. The molecule has 0 bridgehead atoms. The van der Waals surface area contributed by atoms with Crippen LogP contribution in [0.4, 0.5) is 0 Å². The maximum Gasteiger partial charge on any atom is 0 e. The minimum atomic E-state index is -2.58. The van der Waals surface area contributed by atoms with Gasteiger partial charge >= 0.3 is 158 Å². The number of carbonyl (C=O) groups excluding carboxylic acids is 1. The SMILES string of the molecule is CCC(CC)C(=O)/C=C(\O)C(CC)CC.[2H][C]([2H])(c1ccnc(-c2[c-]c3ccccc3c(C(C)(C)C)c2)c1)[Ge]([CH3])([CH3])[CH3].[Ir]. The van der Waals surface area contributed by atoms with Crippen molar-refractivity contribution in [3.63, 3.8) is 0 Å². The molecule has 5 heteroatoms. The van der Waals surface area contributed by atoms with Crippen LogP contribution in [0.25, 0.3) is 22.0 Å². The van der Waals surface area contributed by atoms with Gasteiger partial charge in [0.15, 0.2) is 5.78 Å². The molecule has 0 unspecified atom stereocenters. The summed E-state index contributed by atoms with van der Waals surface area (Å²) in [4.78, 5) is 16.3. The standard InChI is InChI=1S/C23H28GeN.C13H24O2.Ir/c1-23(2,3)21-15-19(14-18-9-7-8-10-20(18)21)22-13-17(11-12-25-22)16-24(4,5)6;1-5-10(6-2)12(14)9-13(15)11(7-3)8-4;/h7-13,15H,16H2,1-6H3;9-11,14H,5-8H2,1-4H3;/q-1;;/b;12-9-;/i16D2;;. The third-order valence-corrected chi connectivity index (χ3v) is 9.40. The van der Waals surface area contributed by atoms with Crippen LogP contribution in [0.15, 0.2) is 60.5 Å². The number of ketones is 1. The summed E-state index contributed by atoms with van der Waals surface area (Å²) in [7, 11) is 0. The number of aliphatic hydroxyl groups excluding tert-OH is 1. The van der Waals surface area contributed by atoms with E-state index in [2.05, 4.69) is 73.4 Å². The number of fused-ring (bicyclic) bond motifs is 1. The zero-order valence-corrected chi connectivity index (χ0v) is 31.3. The van der Waals surface area contributed by atoms with Crippen LogP contribution in [-0.4, -0.2) is 29.1 Å². The summed E-state index contributed by atoms with van der Waals surface area (Å²) in [5.74, 6) is 6.88. The average molecular weight is 798 g/mol. The fourth-order valence-corrected chi connectivity index (χ4v) is 7.00. The Hall–Kier alpha value is -1.75. The Bertz CT molecular complexity index is 1370. The van der Waals surface area contributed by atoms with Crippen molar-refractivity contribution in [1.82, 2.24) is 4.98 Å². The third-order valence-electron chi connectivity index (χ3n) is 7.22. The predicted octanol–water partition coefficient (Wildman–Crippen LogP) is 10.3. The molecule has 1 aromatic heterocycles. The Morgan fingerprint density at radius 2 is 1.59 bits per heavy atom. The Labute approximate surface area is 269 Å². The van der Waals surface area contributed by atoms with E-state index in [-0.39, 0.29) is 48.9 Å². The molecule has 1 N–H and O–H groups in total. The van der Waals surface area contributed by atoms with Crippen LogP contribution in [0.3, 0.4) is 0 Å². The van der Waals surface area contributed by atoms with Gasteiger partial charge in [-0.05, 0) is 25.7 Å². The number of aromatic nitrogens is 1. The molecule has 0 fully saturated rings. The molecule has 2 aromatic carbocycles. The summed E-state index contributed by atoms with van der Waals surface area (Å²) in [6, 6.07) is 17.7. The van der Waals surface area contributed by atoms with Gasteiger partial charge in [0, 0.05) is 38.0 Å². The second-order valence-corrected chi connectivity index (χ2v) is 22.7. The molecule has 227 valence electrons. The van der Waals surface area contributed by atoms with Crippen LogP contribution < -0.4 is 0 Å². The van der Waals surface area contributed by atoms with E-state index in [9.17, 15) is 9.90 Å². The van der Waals surface area contributed by atoms with E-state index >= 15 is 0 Å². The molecule has 1 radical (unpaired) electrons. The maximum atomic E-state index is 11.7. The van der Waals surface area contributed by atoms with Gasteiger partial charge in [-0.2, -0.15) is 0 Å². The molecule has 3 rings (SSSR count). The zero-order valence-electron chi connectivity index (χ0n) is 28.8. The number of hydrogen-bond donors (Lipinski definition) is 1. The number of rotatable bonds is 10. The largest absolute Gasteiger partial charge is 0 e. The first-order valence-electron chi connectivity index (χ1n) is 15.9. The molecular formula is C36H52GeIrNO2-. The van der Waals surface area contributed by atoms with E-state index in [1.165, 1.54) is 17.0 Å². The van der Waals surface area contributed by atoms with E-state index in [1.807, 2.05) is 45.9 Å². The van der Waals surface area contributed by atoms with Crippen molar-refractivity contribution in [2.45, 2.75) is 102 Å². The smallest absolute Gasteiger partial charge is 0 e. The average Bonchev–Trinajstić information content (AvgIpc) is 2.93. The molecule has 0 atom stereocenters. The zero-order chi connectivity index (χ0) is 31.9. The first kappa shape index (κ1) is 33.8. The summed E-state index contributed by atoms with van der Waals surface area (Å²) < 4.78 is 17.3. The number of carbonyl (C=O) groups is 1. The van der Waals surface area contributed by atoms with E-state index in [0.29, 0.717) is 0 Å². The number of pyridine rings is 1. The van der Waals surface area contributed by atoms with Crippen LogP contribution in [0.2, 0.25) is 17.3 Å². The number of nitrogens with zero attached hydrogens (tertiary/aromatic N) is 1. The molecule has 0 saturated carbocycles. The second-order valence-electron chi connectivity index (χ2n) is 12.7. The normalized spacial score (nSPS) is 13.3.